The molecule has 3 N–H and O–H groups in total. The van der Waals surface area contributed by atoms with Crippen LogP contribution >= 0.6 is 11.6 Å². The predicted molar refractivity (Wildman–Crippen MR) is 58.5 cm³/mol. The van der Waals surface area contributed by atoms with Crippen LogP contribution in [0.4, 0.5) is 5.82 Å². The molecular weight excluding hydrogens is 216 g/mol. The Balaban J connectivity index is 2.62. The van der Waals surface area contributed by atoms with Crippen molar-refractivity contribution in [2.75, 3.05) is 5.32 Å². The molecule has 0 saturated carbocycles. The monoisotopic (exact) mass is 228 g/mol. The van der Waals surface area contributed by atoms with Gasteiger partial charge in [0.25, 0.3) is 0 Å². The number of nitrogens with zero attached hydrogens (tertiary/aromatic N) is 2. The van der Waals surface area contributed by atoms with E-state index >= 15 is 0 Å². The van der Waals surface area contributed by atoms with Crippen molar-refractivity contribution in [1.82, 2.24) is 10.2 Å². The minimum Gasteiger partial charge on any atom is -0.320 e. The second-order valence-corrected chi connectivity index (χ2v) is 3.89. The Bertz CT molecular complexity index is 338. The fraction of sp³-hybridized carbons (Fsp3) is 0.444. The minimum atomic E-state index is -0.553. The SMILES string of the molecule is CC(C)C(N)C(=O)Nc1ccc(Cl)nn1. The van der Waals surface area contributed by atoms with E-state index in [1.165, 1.54) is 0 Å². The number of amides is 1. The van der Waals surface area contributed by atoms with Crippen LogP contribution in [-0.2, 0) is 4.79 Å². The molecule has 5 nitrogen and oxygen atoms in total. The van der Waals surface area contributed by atoms with Gasteiger partial charge in [0.1, 0.15) is 0 Å². The van der Waals surface area contributed by atoms with Crippen LogP contribution in [0, 0.1) is 5.92 Å². The average Bonchev–Trinajstić information content (AvgIpc) is 2.20. The van der Waals surface area contributed by atoms with Gasteiger partial charge < -0.3 is 11.1 Å². The normalized spacial score (nSPS) is 12.6. The van der Waals surface area contributed by atoms with Crippen molar-refractivity contribution in [3.63, 3.8) is 0 Å². The lowest BCUT2D eigenvalue weighted by atomic mass is 10.1. The molecule has 0 aliphatic carbocycles. The molecule has 6 heteroatoms. The highest BCUT2D eigenvalue weighted by Gasteiger charge is 2.17. The number of nitrogens with two attached hydrogens (primary N) is 1. The largest absolute Gasteiger partial charge is 0.320 e. The lowest BCUT2D eigenvalue weighted by Gasteiger charge is -2.14. The third-order valence-electron chi connectivity index (χ3n) is 1.90. The summed E-state index contributed by atoms with van der Waals surface area (Å²) in [4.78, 5) is 11.5. The van der Waals surface area contributed by atoms with Crippen LogP contribution in [-0.4, -0.2) is 22.1 Å². The van der Waals surface area contributed by atoms with E-state index in [2.05, 4.69) is 15.5 Å². The van der Waals surface area contributed by atoms with Crippen LogP contribution in [0.1, 0.15) is 13.8 Å². The summed E-state index contributed by atoms with van der Waals surface area (Å²) in [5.41, 5.74) is 5.65. The number of carbonyl (C=O) groups excluding carboxylic acids is 1. The summed E-state index contributed by atoms with van der Waals surface area (Å²) in [6, 6.07) is 2.56. The van der Waals surface area contributed by atoms with Gasteiger partial charge in [-0.1, -0.05) is 25.4 Å². The van der Waals surface area contributed by atoms with Crippen molar-refractivity contribution in [1.29, 1.82) is 0 Å². The minimum absolute atomic E-state index is 0.0743. The zero-order chi connectivity index (χ0) is 11.4. The fourth-order valence-electron chi connectivity index (χ4n) is 0.895. The second kappa shape index (κ2) is 5.04. The molecule has 1 amide bonds. The maximum Gasteiger partial charge on any atom is 0.242 e. The molecule has 15 heavy (non-hydrogen) atoms. The number of aromatic nitrogens is 2. The molecule has 0 spiro atoms. The van der Waals surface area contributed by atoms with Gasteiger partial charge in [-0.2, -0.15) is 0 Å². The first-order valence-corrected chi connectivity index (χ1v) is 4.94. The maximum atomic E-state index is 11.5. The average molecular weight is 229 g/mol. The van der Waals surface area contributed by atoms with E-state index in [0.717, 1.165) is 0 Å². The number of hydrogen-bond acceptors (Lipinski definition) is 4. The molecule has 0 saturated heterocycles. The summed E-state index contributed by atoms with van der Waals surface area (Å²) in [6.07, 6.45) is 0. The van der Waals surface area contributed by atoms with Crippen LogP contribution in [0.15, 0.2) is 12.1 Å². The fourth-order valence-corrected chi connectivity index (χ4v) is 0.996. The molecule has 1 unspecified atom stereocenters. The van der Waals surface area contributed by atoms with E-state index in [9.17, 15) is 4.79 Å². The van der Waals surface area contributed by atoms with Crippen molar-refractivity contribution in [2.45, 2.75) is 19.9 Å². The highest BCUT2D eigenvalue weighted by molar-refractivity contribution is 6.29. The predicted octanol–water partition coefficient (Wildman–Crippen LogP) is 1.05. The molecule has 1 aromatic rings. The standard InChI is InChI=1S/C9H13ClN4O/c1-5(2)8(11)9(15)12-7-4-3-6(10)13-14-7/h3-5,8H,11H2,1-2H3,(H,12,14,15). The van der Waals surface area contributed by atoms with Gasteiger partial charge in [-0.25, -0.2) is 0 Å². The Labute approximate surface area is 93.0 Å². The van der Waals surface area contributed by atoms with Crippen molar-refractivity contribution < 1.29 is 4.79 Å². The molecule has 1 rings (SSSR count). The van der Waals surface area contributed by atoms with E-state index in [1.807, 2.05) is 13.8 Å². The zero-order valence-corrected chi connectivity index (χ0v) is 9.32. The lowest BCUT2D eigenvalue weighted by molar-refractivity contribution is -0.118. The Morgan fingerprint density at radius 3 is 2.60 bits per heavy atom. The van der Waals surface area contributed by atoms with Crippen LogP contribution in [0.2, 0.25) is 5.15 Å². The van der Waals surface area contributed by atoms with Crippen molar-refractivity contribution in [3.8, 4) is 0 Å². The molecule has 82 valence electrons. The second-order valence-electron chi connectivity index (χ2n) is 3.50. The Morgan fingerprint density at radius 1 is 1.47 bits per heavy atom. The lowest BCUT2D eigenvalue weighted by Crippen LogP contribution is -2.39. The Kier molecular flexibility index (Phi) is 3.99. The quantitative estimate of drug-likeness (QED) is 0.811. The van der Waals surface area contributed by atoms with E-state index < -0.39 is 6.04 Å². The first kappa shape index (κ1) is 11.9. The topological polar surface area (TPSA) is 80.9 Å². The van der Waals surface area contributed by atoms with E-state index in [-0.39, 0.29) is 17.0 Å². The van der Waals surface area contributed by atoms with Crippen LogP contribution in [0.5, 0.6) is 0 Å². The van der Waals surface area contributed by atoms with Gasteiger partial charge in [0.05, 0.1) is 6.04 Å². The number of carbonyl (C=O) groups is 1. The third-order valence-corrected chi connectivity index (χ3v) is 2.11. The van der Waals surface area contributed by atoms with Gasteiger partial charge >= 0.3 is 0 Å². The first-order valence-electron chi connectivity index (χ1n) is 4.56. The molecular formula is C9H13ClN4O. The summed E-state index contributed by atoms with van der Waals surface area (Å²) in [5, 5.41) is 10.1. The number of nitrogens with one attached hydrogen (secondary N) is 1. The number of halogens is 1. The van der Waals surface area contributed by atoms with Gasteiger partial charge in [-0.3, -0.25) is 4.79 Å². The molecule has 0 radical (unpaired) electrons. The summed E-state index contributed by atoms with van der Waals surface area (Å²) in [7, 11) is 0. The van der Waals surface area contributed by atoms with Gasteiger partial charge in [-0.05, 0) is 18.1 Å². The summed E-state index contributed by atoms with van der Waals surface area (Å²) in [5.74, 6) is 0.146. The van der Waals surface area contributed by atoms with Gasteiger partial charge in [0, 0.05) is 0 Å². The van der Waals surface area contributed by atoms with Gasteiger partial charge in [0.15, 0.2) is 11.0 Å². The molecule has 1 aromatic heterocycles. The summed E-state index contributed by atoms with van der Waals surface area (Å²) >= 11 is 5.55. The molecule has 1 heterocycles. The third kappa shape index (κ3) is 3.45. The molecule has 0 aliphatic rings. The zero-order valence-electron chi connectivity index (χ0n) is 8.57. The number of anilines is 1. The maximum absolute atomic E-state index is 11.5. The van der Waals surface area contributed by atoms with Crippen LogP contribution < -0.4 is 11.1 Å². The number of hydrogen-bond donors (Lipinski definition) is 2. The Morgan fingerprint density at radius 2 is 2.13 bits per heavy atom. The number of rotatable bonds is 3. The highest BCUT2D eigenvalue weighted by Crippen LogP contribution is 2.07. The molecule has 1 atom stereocenters. The van der Waals surface area contributed by atoms with Gasteiger partial charge in [0.2, 0.25) is 5.91 Å². The smallest absolute Gasteiger partial charge is 0.242 e. The van der Waals surface area contributed by atoms with E-state index in [4.69, 9.17) is 17.3 Å². The van der Waals surface area contributed by atoms with Crippen LogP contribution in [0.25, 0.3) is 0 Å². The van der Waals surface area contributed by atoms with Crippen molar-refractivity contribution in [3.05, 3.63) is 17.3 Å². The van der Waals surface area contributed by atoms with Crippen LogP contribution in [0.3, 0.4) is 0 Å². The first-order chi connectivity index (χ1) is 7.00. The van der Waals surface area contributed by atoms with E-state index in [0.29, 0.717) is 5.82 Å². The molecule has 0 aliphatic heterocycles. The summed E-state index contributed by atoms with van der Waals surface area (Å²) < 4.78 is 0. The molecule has 0 fully saturated rings. The summed E-state index contributed by atoms with van der Waals surface area (Å²) in [6.45, 7) is 3.75. The van der Waals surface area contributed by atoms with Crippen molar-refractivity contribution in [2.24, 2.45) is 11.7 Å². The molecule has 0 bridgehead atoms. The van der Waals surface area contributed by atoms with Gasteiger partial charge in [-0.15, -0.1) is 10.2 Å². The van der Waals surface area contributed by atoms with E-state index in [1.54, 1.807) is 12.1 Å². The Hall–Kier alpha value is -1.20. The van der Waals surface area contributed by atoms with Crippen molar-refractivity contribution >= 4 is 23.3 Å². The highest BCUT2D eigenvalue weighted by atomic mass is 35.5. The molecule has 0 aromatic carbocycles.